The molecule has 10 heteroatoms. The van der Waals surface area contributed by atoms with Gasteiger partial charge in [0.1, 0.15) is 10.0 Å². The average Bonchev–Trinajstić information content (AvgIpc) is 3.47. The smallest absolute Gasteiger partial charge is 0.251 e. The van der Waals surface area contributed by atoms with Gasteiger partial charge in [-0.25, -0.2) is 0 Å². The van der Waals surface area contributed by atoms with Gasteiger partial charge < -0.3 is 22.1 Å². The van der Waals surface area contributed by atoms with Crippen LogP contribution in [0, 0.1) is 13.8 Å². The normalized spacial score (nSPS) is 10.9. The molecule has 0 unspecified atom stereocenters. The van der Waals surface area contributed by atoms with Crippen molar-refractivity contribution in [2.45, 2.75) is 71.6 Å². The summed E-state index contributed by atoms with van der Waals surface area (Å²) in [5.41, 5.74) is 15.9. The summed E-state index contributed by atoms with van der Waals surface area (Å²) in [6.07, 6.45) is 5.99. The van der Waals surface area contributed by atoms with Crippen LogP contribution < -0.4 is 22.1 Å². The first-order valence-electron chi connectivity index (χ1n) is 15.2. The van der Waals surface area contributed by atoms with E-state index < -0.39 is 11.8 Å². The predicted molar refractivity (Wildman–Crippen MR) is 183 cm³/mol. The van der Waals surface area contributed by atoms with Crippen molar-refractivity contribution in [2.24, 2.45) is 11.5 Å². The summed E-state index contributed by atoms with van der Waals surface area (Å²) in [5, 5.41) is 6.83. The molecule has 4 amide bonds. The van der Waals surface area contributed by atoms with Crippen molar-refractivity contribution in [3.05, 3.63) is 104 Å². The molecule has 2 heterocycles. The Balaban J connectivity index is 1.18. The van der Waals surface area contributed by atoms with Gasteiger partial charge in [0.2, 0.25) is 11.8 Å². The Labute approximate surface area is 272 Å². The molecule has 0 aliphatic heterocycles. The van der Waals surface area contributed by atoms with E-state index >= 15 is 0 Å². The van der Waals surface area contributed by atoms with E-state index in [2.05, 4.69) is 10.6 Å². The van der Waals surface area contributed by atoms with E-state index in [1.165, 1.54) is 22.7 Å². The zero-order chi connectivity index (χ0) is 32.3. The molecule has 4 aromatic rings. The third-order valence-corrected chi connectivity index (χ3v) is 10.1. The summed E-state index contributed by atoms with van der Waals surface area (Å²) in [7, 11) is 0. The number of primary amides is 2. The third kappa shape index (κ3) is 9.36. The number of rotatable bonds is 16. The molecule has 236 valence electrons. The summed E-state index contributed by atoms with van der Waals surface area (Å²) < 4.78 is 0. The average molecular weight is 645 g/mol. The van der Waals surface area contributed by atoms with Gasteiger partial charge in [-0.2, -0.15) is 0 Å². The fraction of sp³-hybridized carbons (Fsp3) is 0.314. The first-order chi connectivity index (χ1) is 21.6. The topological polar surface area (TPSA) is 144 Å². The molecule has 4 rings (SSSR count). The number of hydrogen-bond acceptors (Lipinski definition) is 6. The number of nitrogens with one attached hydrogen (secondary N) is 2. The maximum absolute atomic E-state index is 12.7. The van der Waals surface area contributed by atoms with E-state index in [9.17, 15) is 19.2 Å². The largest absolute Gasteiger partial charge is 0.365 e. The minimum absolute atomic E-state index is 0.146. The highest BCUT2D eigenvalue weighted by Crippen LogP contribution is 2.35. The molecular weight excluding hydrogens is 605 g/mol. The number of benzene rings is 2. The summed E-state index contributed by atoms with van der Waals surface area (Å²) in [6, 6.07) is 19.9. The lowest BCUT2D eigenvalue weighted by Crippen LogP contribution is -2.17. The number of hydrogen-bond donors (Lipinski definition) is 4. The molecule has 0 aliphatic carbocycles. The monoisotopic (exact) mass is 644 g/mol. The van der Waals surface area contributed by atoms with Crippen molar-refractivity contribution in [3.63, 3.8) is 0 Å². The Morgan fingerprint density at radius 3 is 1.29 bits per heavy atom. The zero-order valence-corrected chi connectivity index (χ0v) is 27.4. The molecule has 0 saturated heterocycles. The fourth-order valence-electron chi connectivity index (χ4n) is 5.27. The van der Waals surface area contributed by atoms with Gasteiger partial charge in [0.25, 0.3) is 11.8 Å². The highest BCUT2D eigenvalue weighted by atomic mass is 32.1. The Hall–Kier alpha value is -4.28. The van der Waals surface area contributed by atoms with E-state index in [4.69, 9.17) is 11.5 Å². The van der Waals surface area contributed by atoms with Crippen LogP contribution in [0.2, 0.25) is 0 Å². The van der Waals surface area contributed by atoms with Gasteiger partial charge in [-0.05, 0) is 48.9 Å². The molecule has 0 saturated carbocycles. The number of carbonyl (C=O) groups excluding carboxylic acids is 4. The lowest BCUT2D eigenvalue weighted by molar-refractivity contribution is -0.117. The van der Waals surface area contributed by atoms with Crippen molar-refractivity contribution >= 4 is 56.3 Å². The maximum atomic E-state index is 12.7. The second-order valence-corrected chi connectivity index (χ2v) is 13.3. The van der Waals surface area contributed by atoms with Crippen molar-refractivity contribution in [1.82, 2.24) is 0 Å². The molecule has 8 nitrogen and oxygen atoms in total. The summed E-state index contributed by atoms with van der Waals surface area (Å²) in [5.74, 6) is -1.38. The fourth-order valence-corrected chi connectivity index (χ4v) is 7.79. The van der Waals surface area contributed by atoms with Gasteiger partial charge in [-0.1, -0.05) is 79.9 Å². The van der Waals surface area contributed by atoms with Crippen molar-refractivity contribution in [1.29, 1.82) is 0 Å². The standard InChI is InChI=1S/C35H40N4O4S2/c1-22-26(20-24-14-8-6-9-15-24)44-34(30(22)32(36)42)38-28(40)18-12-4-3-5-13-19-29(41)39-35-31(33(37)43)23(2)27(45-35)21-25-16-10-7-11-17-25/h6-11,14-17H,3-5,12-13,18-21H2,1-2H3,(H2,36,42)(H2,37,43)(H,38,40)(H,39,41). The van der Waals surface area contributed by atoms with Gasteiger partial charge >= 0.3 is 0 Å². The molecule has 0 spiro atoms. The summed E-state index contributed by atoms with van der Waals surface area (Å²) >= 11 is 2.80. The molecule has 6 N–H and O–H groups in total. The Kier molecular flexibility index (Phi) is 12.1. The van der Waals surface area contributed by atoms with E-state index in [1.807, 2.05) is 74.5 Å². The minimum atomic E-state index is -0.546. The molecule has 0 atom stereocenters. The van der Waals surface area contributed by atoms with Crippen LogP contribution in [0.15, 0.2) is 60.7 Å². The Morgan fingerprint density at radius 2 is 0.933 bits per heavy atom. The number of amides is 4. The van der Waals surface area contributed by atoms with Crippen LogP contribution in [0.5, 0.6) is 0 Å². The Morgan fingerprint density at radius 1 is 0.578 bits per heavy atom. The van der Waals surface area contributed by atoms with Crippen molar-refractivity contribution < 1.29 is 19.2 Å². The highest BCUT2D eigenvalue weighted by molar-refractivity contribution is 7.17. The van der Waals surface area contributed by atoms with Crippen LogP contribution in [0.3, 0.4) is 0 Å². The third-order valence-electron chi connectivity index (χ3n) is 7.71. The summed E-state index contributed by atoms with van der Waals surface area (Å²) in [6.45, 7) is 3.73. The van der Waals surface area contributed by atoms with Crippen LogP contribution in [-0.4, -0.2) is 23.6 Å². The Bertz CT molecular complexity index is 1520. The van der Waals surface area contributed by atoms with Crippen molar-refractivity contribution in [2.75, 3.05) is 10.6 Å². The van der Waals surface area contributed by atoms with Crippen LogP contribution >= 0.6 is 22.7 Å². The van der Waals surface area contributed by atoms with Crippen molar-refractivity contribution in [3.8, 4) is 0 Å². The molecule has 45 heavy (non-hydrogen) atoms. The molecule has 0 bridgehead atoms. The lowest BCUT2D eigenvalue weighted by atomic mass is 10.1. The highest BCUT2D eigenvalue weighted by Gasteiger charge is 2.22. The van der Waals surface area contributed by atoms with Crippen LogP contribution in [0.25, 0.3) is 0 Å². The van der Waals surface area contributed by atoms with E-state index in [0.717, 1.165) is 51.3 Å². The van der Waals surface area contributed by atoms with Gasteiger partial charge in [0.15, 0.2) is 0 Å². The van der Waals surface area contributed by atoms with Gasteiger partial charge in [-0.3, -0.25) is 19.2 Å². The quantitative estimate of drug-likeness (QED) is 0.0963. The minimum Gasteiger partial charge on any atom is -0.365 e. The number of nitrogens with two attached hydrogens (primary N) is 2. The molecule has 2 aromatic carbocycles. The van der Waals surface area contributed by atoms with Gasteiger partial charge in [0, 0.05) is 35.4 Å². The second kappa shape index (κ2) is 16.2. The zero-order valence-electron chi connectivity index (χ0n) is 25.7. The molecule has 0 aliphatic rings. The van der Waals surface area contributed by atoms with Crippen LogP contribution in [0.4, 0.5) is 10.0 Å². The first kappa shape index (κ1) is 33.6. The van der Waals surface area contributed by atoms with E-state index in [1.54, 1.807) is 0 Å². The van der Waals surface area contributed by atoms with E-state index in [-0.39, 0.29) is 11.8 Å². The molecular formula is C35H40N4O4S2. The summed E-state index contributed by atoms with van der Waals surface area (Å²) in [4.78, 5) is 51.7. The first-order valence-corrected chi connectivity index (χ1v) is 16.8. The predicted octanol–water partition coefficient (Wildman–Crippen LogP) is 7.11. The lowest BCUT2D eigenvalue weighted by Gasteiger charge is -2.06. The SMILES string of the molecule is Cc1c(Cc2ccccc2)sc(NC(=O)CCCCCCCC(=O)Nc2sc(Cc3ccccc3)c(C)c2C(N)=O)c1C(N)=O. The molecule has 0 radical (unpaired) electrons. The molecule has 0 fully saturated rings. The second-order valence-electron chi connectivity index (χ2n) is 11.1. The number of anilines is 2. The number of thiophene rings is 2. The van der Waals surface area contributed by atoms with Gasteiger partial charge in [0.05, 0.1) is 11.1 Å². The molecule has 2 aromatic heterocycles. The number of carbonyl (C=O) groups is 4. The van der Waals surface area contributed by atoms with Crippen LogP contribution in [-0.2, 0) is 22.4 Å². The van der Waals surface area contributed by atoms with Crippen LogP contribution in [0.1, 0.15) is 97.7 Å². The maximum Gasteiger partial charge on any atom is 0.251 e. The van der Waals surface area contributed by atoms with Gasteiger partial charge in [-0.15, -0.1) is 22.7 Å². The van der Waals surface area contributed by atoms with E-state index in [0.29, 0.717) is 59.7 Å². The number of unbranched alkanes of at least 4 members (excludes halogenated alkanes) is 4.